The summed E-state index contributed by atoms with van der Waals surface area (Å²) in [5.74, 6) is 2.57. The minimum absolute atomic E-state index is 0.777. The average Bonchev–Trinajstić information content (AvgIpc) is 2.45. The third-order valence-electron chi connectivity index (χ3n) is 1.37. The fourth-order valence-corrected chi connectivity index (χ4v) is 1.88. The number of thiophene rings is 1. The second-order valence-electron chi connectivity index (χ2n) is 2.34. The lowest BCUT2D eigenvalue weighted by Gasteiger charge is -1.97. The van der Waals surface area contributed by atoms with Crippen LogP contribution in [0.5, 0.6) is 0 Å². The molecule has 0 atom stereocenters. The van der Waals surface area contributed by atoms with E-state index in [-0.39, 0.29) is 0 Å². The summed E-state index contributed by atoms with van der Waals surface area (Å²) in [6, 6.07) is 3.93. The molecular formula is C9H10ClNS. The van der Waals surface area contributed by atoms with Crippen molar-refractivity contribution >= 4 is 22.9 Å². The lowest BCUT2D eigenvalue weighted by atomic mass is 10.4. The molecule has 1 rings (SSSR count). The van der Waals surface area contributed by atoms with Crippen molar-refractivity contribution in [2.24, 2.45) is 0 Å². The number of hydrogen-bond donors (Lipinski definition) is 1. The summed E-state index contributed by atoms with van der Waals surface area (Å²) in [4.78, 5) is 1.25. The molecule has 0 amide bonds. The summed E-state index contributed by atoms with van der Waals surface area (Å²) in [6.07, 6.45) is 5.88. The summed E-state index contributed by atoms with van der Waals surface area (Å²) in [6.45, 7) is 1.73. The van der Waals surface area contributed by atoms with Gasteiger partial charge >= 0.3 is 0 Å². The number of terminal acetylenes is 1. The van der Waals surface area contributed by atoms with Crippen LogP contribution in [0.25, 0.3) is 0 Å². The summed E-state index contributed by atoms with van der Waals surface area (Å²) in [5.41, 5.74) is 0. The standard InChI is InChI=1S/C9H10ClNS/c1-2-3-6-11-7-8-4-5-9(10)12-8/h1,4-5,11H,3,6-7H2. The van der Waals surface area contributed by atoms with Gasteiger partial charge in [-0.2, -0.15) is 0 Å². The molecule has 0 aromatic carbocycles. The van der Waals surface area contributed by atoms with E-state index >= 15 is 0 Å². The molecule has 12 heavy (non-hydrogen) atoms. The van der Waals surface area contributed by atoms with Crippen LogP contribution < -0.4 is 5.32 Å². The molecule has 0 aliphatic rings. The van der Waals surface area contributed by atoms with Crippen molar-refractivity contribution in [3.63, 3.8) is 0 Å². The lowest BCUT2D eigenvalue weighted by molar-refractivity contribution is 0.709. The Labute approximate surface area is 81.7 Å². The minimum atomic E-state index is 0.777. The van der Waals surface area contributed by atoms with Gasteiger partial charge in [0.1, 0.15) is 0 Å². The molecule has 0 saturated carbocycles. The zero-order valence-electron chi connectivity index (χ0n) is 6.64. The zero-order chi connectivity index (χ0) is 8.81. The van der Waals surface area contributed by atoms with Gasteiger partial charge in [-0.25, -0.2) is 0 Å². The van der Waals surface area contributed by atoms with Gasteiger partial charge in [0, 0.05) is 24.4 Å². The maximum Gasteiger partial charge on any atom is 0.0931 e. The number of nitrogens with one attached hydrogen (secondary N) is 1. The zero-order valence-corrected chi connectivity index (χ0v) is 8.21. The molecule has 64 valence electrons. The van der Waals surface area contributed by atoms with Crippen molar-refractivity contribution in [1.29, 1.82) is 0 Å². The number of halogens is 1. The van der Waals surface area contributed by atoms with Crippen LogP contribution in [0.1, 0.15) is 11.3 Å². The maximum absolute atomic E-state index is 5.76. The first kappa shape index (κ1) is 9.60. The van der Waals surface area contributed by atoms with Crippen molar-refractivity contribution < 1.29 is 0 Å². The second-order valence-corrected chi connectivity index (χ2v) is 4.14. The summed E-state index contributed by atoms with van der Waals surface area (Å²) < 4.78 is 0.837. The van der Waals surface area contributed by atoms with Crippen LogP contribution in [0.15, 0.2) is 12.1 Å². The molecule has 0 aliphatic heterocycles. The molecule has 0 radical (unpaired) electrons. The van der Waals surface area contributed by atoms with Crippen molar-refractivity contribution in [2.75, 3.05) is 6.54 Å². The van der Waals surface area contributed by atoms with Gasteiger partial charge in [0.15, 0.2) is 0 Å². The predicted molar refractivity (Wildman–Crippen MR) is 54.5 cm³/mol. The van der Waals surface area contributed by atoms with Crippen molar-refractivity contribution in [1.82, 2.24) is 5.32 Å². The van der Waals surface area contributed by atoms with Crippen molar-refractivity contribution in [3.05, 3.63) is 21.3 Å². The molecule has 0 saturated heterocycles. The quantitative estimate of drug-likeness (QED) is 0.581. The molecule has 1 aromatic heterocycles. The van der Waals surface area contributed by atoms with Crippen LogP contribution in [0.2, 0.25) is 4.34 Å². The van der Waals surface area contributed by atoms with E-state index in [0.29, 0.717) is 0 Å². The fraction of sp³-hybridized carbons (Fsp3) is 0.333. The van der Waals surface area contributed by atoms with Crippen molar-refractivity contribution in [3.8, 4) is 12.3 Å². The van der Waals surface area contributed by atoms with E-state index in [4.69, 9.17) is 18.0 Å². The Morgan fingerprint density at radius 3 is 3.00 bits per heavy atom. The molecule has 0 bridgehead atoms. The Kier molecular flexibility index (Phi) is 4.16. The van der Waals surface area contributed by atoms with E-state index < -0.39 is 0 Å². The molecule has 1 heterocycles. The summed E-state index contributed by atoms with van der Waals surface area (Å²) in [5, 5.41) is 3.23. The van der Waals surface area contributed by atoms with Crippen LogP contribution in [0, 0.1) is 12.3 Å². The Balaban J connectivity index is 2.21. The highest BCUT2D eigenvalue weighted by Crippen LogP contribution is 2.20. The highest BCUT2D eigenvalue weighted by Gasteiger charge is 1.95. The first-order chi connectivity index (χ1) is 5.83. The molecule has 1 nitrogen and oxygen atoms in total. The van der Waals surface area contributed by atoms with Gasteiger partial charge in [-0.3, -0.25) is 0 Å². The van der Waals surface area contributed by atoms with Gasteiger partial charge in [-0.05, 0) is 12.1 Å². The topological polar surface area (TPSA) is 12.0 Å². The first-order valence-electron chi connectivity index (χ1n) is 3.71. The molecule has 1 N–H and O–H groups in total. The highest BCUT2D eigenvalue weighted by atomic mass is 35.5. The monoisotopic (exact) mass is 199 g/mol. The van der Waals surface area contributed by atoms with E-state index in [1.165, 1.54) is 4.88 Å². The van der Waals surface area contributed by atoms with E-state index in [2.05, 4.69) is 11.2 Å². The molecule has 0 unspecified atom stereocenters. The largest absolute Gasteiger partial charge is 0.311 e. The van der Waals surface area contributed by atoms with Crippen molar-refractivity contribution in [2.45, 2.75) is 13.0 Å². The van der Waals surface area contributed by atoms with Crippen LogP contribution >= 0.6 is 22.9 Å². The smallest absolute Gasteiger partial charge is 0.0931 e. The third kappa shape index (κ3) is 3.27. The summed E-state index contributed by atoms with van der Waals surface area (Å²) in [7, 11) is 0. The van der Waals surface area contributed by atoms with Gasteiger partial charge in [0.05, 0.1) is 4.34 Å². The van der Waals surface area contributed by atoms with E-state index in [1.807, 2.05) is 12.1 Å². The van der Waals surface area contributed by atoms with Crippen LogP contribution in [0.3, 0.4) is 0 Å². The van der Waals surface area contributed by atoms with Gasteiger partial charge in [-0.1, -0.05) is 11.6 Å². The first-order valence-corrected chi connectivity index (χ1v) is 4.91. The number of hydrogen-bond acceptors (Lipinski definition) is 2. The summed E-state index contributed by atoms with van der Waals surface area (Å²) >= 11 is 7.36. The predicted octanol–water partition coefficient (Wildman–Crippen LogP) is 2.51. The minimum Gasteiger partial charge on any atom is -0.311 e. The molecule has 3 heteroatoms. The average molecular weight is 200 g/mol. The number of rotatable bonds is 4. The van der Waals surface area contributed by atoms with E-state index in [9.17, 15) is 0 Å². The Bertz CT molecular complexity index is 274. The van der Waals surface area contributed by atoms with Gasteiger partial charge in [-0.15, -0.1) is 23.7 Å². The lowest BCUT2D eigenvalue weighted by Crippen LogP contribution is -2.12. The van der Waals surface area contributed by atoms with Gasteiger partial charge in [0.25, 0.3) is 0 Å². The van der Waals surface area contributed by atoms with Gasteiger partial charge in [0.2, 0.25) is 0 Å². The van der Waals surface area contributed by atoms with Crippen LogP contribution in [-0.4, -0.2) is 6.54 Å². The molecule has 0 aliphatic carbocycles. The Hall–Kier alpha value is -0.490. The molecule has 0 spiro atoms. The maximum atomic E-state index is 5.76. The third-order valence-corrected chi connectivity index (χ3v) is 2.61. The molecule has 0 fully saturated rings. The Morgan fingerprint density at radius 2 is 2.42 bits per heavy atom. The highest BCUT2D eigenvalue weighted by molar-refractivity contribution is 7.16. The van der Waals surface area contributed by atoms with Gasteiger partial charge < -0.3 is 5.32 Å². The van der Waals surface area contributed by atoms with E-state index in [0.717, 1.165) is 23.8 Å². The SMILES string of the molecule is C#CCCNCc1ccc(Cl)s1. The second kappa shape index (κ2) is 5.21. The van der Waals surface area contributed by atoms with Crippen LogP contribution in [0.4, 0.5) is 0 Å². The van der Waals surface area contributed by atoms with E-state index in [1.54, 1.807) is 11.3 Å². The fourth-order valence-electron chi connectivity index (χ4n) is 0.819. The Morgan fingerprint density at radius 1 is 1.58 bits per heavy atom. The molecule has 1 aromatic rings. The molecular weight excluding hydrogens is 190 g/mol. The normalized spacial score (nSPS) is 9.67. The van der Waals surface area contributed by atoms with Crippen LogP contribution in [-0.2, 0) is 6.54 Å².